The predicted octanol–water partition coefficient (Wildman–Crippen LogP) is 2.08. The van der Waals surface area contributed by atoms with Crippen molar-refractivity contribution in [2.75, 3.05) is 0 Å². The summed E-state index contributed by atoms with van der Waals surface area (Å²) in [6.45, 7) is 4.59. The molecule has 0 bridgehead atoms. The summed E-state index contributed by atoms with van der Waals surface area (Å²) in [5.74, 6) is 0.112. The van der Waals surface area contributed by atoms with Crippen molar-refractivity contribution in [3.05, 3.63) is 21.9 Å². The van der Waals surface area contributed by atoms with Crippen LogP contribution in [0.1, 0.15) is 23.1 Å². The number of amides is 1. The minimum Gasteiger partial charge on any atom is -0.351 e. The number of aryl methyl sites for hydroxylation is 1. The van der Waals surface area contributed by atoms with Crippen molar-refractivity contribution in [1.29, 1.82) is 0 Å². The first-order valence-electron chi connectivity index (χ1n) is 4.04. The van der Waals surface area contributed by atoms with E-state index < -0.39 is 0 Å². The highest BCUT2D eigenvalue weighted by atomic mass is 32.1. The molecule has 0 saturated heterocycles. The summed E-state index contributed by atoms with van der Waals surface area (Å²) in [4.78, 5) is 13.4. The molecule has 2 nitrogen and oxygen atoms in total. The highest BCUT2D eigenvalue weighted by molar-refractivity contribution is 7.11. The molecule has 1 N–H and O–H groups in total. The van der Waals surface area contributed by atoms with Gasteiger partial charge in [-0.15, -0.1) is 11.3 Å². The van der Waals surface area contributed by atoms with Crippen LogP contribution in [-0.2, 0) is 11.3 Å². The number of rotatable bonds is 3. The summed E-state index contributed by atoms with van der Waals surface area (Å²) >= 11 is 1.73. The van der Waals surface area contributed by atoms with Gasteiger partial charge in [-0.05, 0) is 19.1 Å². The van der Waals surface area contributed by atoms with E-state index in [9.17, 15) is 4.79 Å². The standard InChI is InChI=1S/C9H13NOS/c1-3-9(11)10-6-8-5-4-7(2)12-8/h4-5H,3,6H2,1-2H3,(H,10,11). The molecule has 66 valence electrons. The quantitative estimate of drug-likeness (QED) is 0.763. The number of hydrogen-bond donors (Lipinski definition) is 1. The van der Waals surface area contributed by atoms with Crippen LogP contribution in [0.2, 0.25) is 0 Å². The van der Waals surface area contributed by atoms with Crippen molar-refractivity contribution >= 4 is 17.2 Å². The van der Waals surface area contributed by atoms with Gasteiger partial charge in [-0.2, -0.15) is 0 Å². The zero-order valence-corrected chi connectivity index (χ0v) is 8.20. The van der Waals surface area contributed by atoms with Crippen molar-refractivity contribution in [3.8, 4) is 0 Å². The first-order chi connectivity index (χ1) is 5.72. The largest absolute Gasteiger partial charge is 0.351 e. The fourth-order valence-electron chi connectivity index (χ4n) is 0.891. The minimum atomic E-state index is 0.112. The molecule has 0 aromatic carbocycles. The van der Waals surface area contributed by atoms with Crippen molar-refractivity contribution in [2.45, 2.75) is 26.8 Å². The van der Waals surface area contributed by atoms with Crippen LogP contribution in [-0.4, -0.2) is 5.91 Å². The first-order valence-corrected chi connectivity index (χ1v) is 4.86. The molecule has 1 rings (SSSR count). The van der Waals surface area contributed by atoms with E-state index in [0.29, 0.717) is 13.0 Å². The van der Waals surface area contributed by atoms with Gasteiger partial charge >= 0.3 is 0 Å². The second-order valence-corrected chi connectivity index (χ2v) is 4.02. The fraction of sp³-hybridized carbons (Fsp3) is 0.444. The monoisotopic (exact) mass is 183 g/mol. The summed E-state index contributed by atoms with van der Waals surface area (Å²) < 4.78 is 0. The smallest absolute Gasteiger partial charge is 0.220 e. The maximum atomic E-state index is 10.9. The number of carbonyl (C=O) groups is 1. The van der Waals surface area contributed by atoms with Crippen molar-refractivity contribution in [1.82, 2.24) is 5.32 Å². The Hall–Kier alpha value is -0.830. The lowest BCUT2D eigenvalue weighted by molar-refractivity contribution is -0.120. The first kappa shape index (κ1) is 9.26. The average molecular weight is 183 g/mol. The normalized spacial score (nSPS) is 9.83. The SMILES string of the molecule is CCC(=O)NCc1ccc(C)s1. The van der Waals surface area contributed by atoms with Gasteiger partial charge in [-0.25, -0.2) is 0 Å². The molecule has 1 heterocycles. The molecule has 1 aromatic heterocycles. The molecular formula is C9H13NOS. The van der Waals surface area contributed by atoms with Gasteiger partial charge in [-0.1, -0.05) is 6.92 Å². The molecule has 3 heteroatoms. The zero-order chi connectivity index (χ0) is 8.97. The zero-order valence-electron chi connectivity index (χ0n) is 7.39. The Bertz CT molecular complexity index is 267. The van der Waals surface area contributed by atoms with Gasteiger partial charge in [0.1, 0.15) is 0 Å². The molecule has 0 aliphatic rings. The number of hydrogen-bond acceptors (Lipinski definition) is 2. The summed E-state index contributed by atoms with van der Waals surface area (Å²) in [6, 6.07) is 4.12. The van der Waals surface area contributed by atoms with E-state index >= 15 is 0 Å². The van der Waals surface area contributed by atoms with Crippen molar-refractivity contribution in [2.24, 2.45) is 0 Å². The van der Waals surface area contributed by atoms with E-state index in [1.165, 1.54) is 9.75 Å². The molecule has 0 atom stereocenters. The number of thiophene rings is 1. The fourth-order valence-corrected chi connectivity index (χ4v) is 1.72. The van der Waals surface area contributed by atoms with Crippen LogP contribution >= 0.6 is 11.3 Å². The van der Waals surface area contributed by atoms with Crippen LogP contribution in [0.3, 0.4) is 0 Å². The van der Waals surface area contributed by atoms with Crippen LogP contribution in [0.4, 0.5) is 0 Å². The van der Waals surface area contributed by atoms with Gasteiger partial charge in [0.25, 0.3) is 0 Å². The van der Waals surface area contributed by atoms with E-state index in [1.54, 1.807) is 11.3 Å². The van der Waals surface area contributed by atoms with Crippen LogP contribution < -0.4 is 5.32 Å². The molecule has 1 amide bonds. The predicted molar refractivity (Wildman–Crippen MR) is 51.2 cm³/mol. The average Bonchev–Trinajstić information content (AvgIpc) is 2.47. The molecule has 0 saturated carbocycles. The molecule has 0 aliphatic carbocycles. The second-order valence-electron chi connectivity index (χ2n) is 2.64. The highest BCUT2D eigenvalue weighted by Crippen LogP contribution is 2.14. The maximum Gasteiger partial charge on any atom is 0.220 e. The van der Waals surface area contributed by atoms with E-state index in [1.807, 2.05) is 6.92 Å². The van der Waals surface area contributed by atoms with Crippen LogP contribution in [0.15, 0.2) is 12.1 Å². The maximum absolute atomic E-state index is 10.9. The van der Waals surface area contributed by atoms with Crippen LogP contribution in [0.25, 0.3) is 0 Å². The lowest BCUT2D eigenvalue weighted by atomic mass is 10.4. The van der Waals surface area contributed by atoms with Crippen LogP contribution in [0.5, 0.6) is 0 Å². The third-order valence-electron chi connectivity index (χ3n) is 1.58. The van der Waals surface area contributed by atoms with Gasteiger partial charge in [0, 0.05) is 16.2 Å². The summed E-state index contributed by atoms with van der Waals surface area (Å²) in [7, 11) is 0. The number of nitrogens with one attached hydrogen (secondary N) is 1. The van der Waals surface area contributed by atoms with E-state index in [0.717, 1.165) is 0 Å². The van der Waals surface area contributed by atoms with Gasteiger partial charge in [-0.3, -0.25) is 4.79 Å². The third kappa shape index (κ3) is 2.66. The summed E-state index contributed by atoms with van der Waals surface area (Å²) in [5.41, 5.74) is 0. The van der Waals surface area contributed by atoms with Gasteiger partial charge in [0.2, 0.25) is 5.91 Å². The minimum absolute atomic E-state index is 0.112. The molecule has 1 aromatic rings. The lowest BCUT2D eigenvalue weighted by Crippen LogP contribution is -2.20. The topological polar surface area (TPSA) is 29.1 Å². The summed E-state index contributed by atoms with van der Waals surface area (Å²) in [6.07, 6.45) is 0.560. The molecule has 0 spiro atoms. The van der Waals surface area contributed by atoms with Crippen molar-refractivity contribution in [3.63, 3.8) is 0 Å². The molecule has 0 radical (unpaired) electrons. The highest BCUT2D eigenvalue weighted by Gasteiger charge is 1.98. The van der Waals surface area contributed by atoms with Gasteiger partial charge in [0.05, 0.1) is 6.54 Å². The Morgan fingerprint density at radius 2 is 2.33 bits per heavy atom. The molecule has 0 fully saturated rings. The lowest BCUT2D eigenvalue weighted by Gasteiger charge is -1.99. The van der Waals surface area contributed by atoms with Gasteiger partial charge in [0.15, 0.2) is 0 Å². The third-order valence-corrected chi connectivity index (χ3v) is 2.58. The molecule has 0 unspecified atom stereocenters. The Morgan fingerprint density at radius 3 is 2.83 bits per heavy atom. The van der Waals surface area contributed by atoms with Gasteiger partial charge < -0.3 is 5.32 Å². The molecule has 0 aliphatic heterocycles. The van der Waals surface area contributed by atoms with Crippen LogP contribution in [0, 0.1) is 6.92 Å². The van der Waals surface area contributed by atoms with Crippen molar-refractivity contribution < 1.29 is 4.79 Å². The Kier molecular flexibility index (Phi) is 3.29. The summed E-state index contributed by atoms with van der Waals surface area (Å²) in [5, 5.41) is 2.83. The molecule has 12 heavy (non-hydrogen) atoms. The van der Waals surface area contributed by atoms with E-state index in [2.05, 4.69) is 24.4 Å². The van der Waals surface area contributed by atoms with E-state index in [4.69, 9.17) is 0 Å². The van der Waals surface area contributed by atoms with E-state index in [-0.39, 0.29) is 5.91 Å². The molecular weight excluding hydrogens is 170 g/mol. The number of carbonyl (C=O) groups excluding carboxylic acids is 1. The Morgan fingerprint density at radius 1 is 1.58 bits per heavy atom. The Balaban J connectivity index is 2.38. The Labute approximate surface area is 76.6 Å². The second kappa shape index (κ2) is 4.26.